The molecule has 0 aliphatic heterocycles. The maximum Gasteiger partial charge on any atom is 0.416 e. The number of ether oxygens (including phenoxy) is 1. The van der Waals surface area contributed by atoms with Gasteiger partial charge in [-0.15, -0.1) is 0 Å². The highest BCUT2D eigenvalue weighted by atomic mass is 19.4. The van der Waals surface area contributed by atoms with Gasteiger partial charge in [0.15, 0.2) is 0 Å². The Labute approximate surface area is 128 Å². The first-order valence-corrected chi connectivity index (χ1v) is 6.96. The summed E-state index contributed by atoms with van der Waals surface area (Å²) in [6, 6.07) is 12.8. The summed E-state index contributed by atoms with van der Waals surface area (Å²) in [5.74, 6) is 0.768. The molecule has 0 atom stereocenters. The largest absolute Gasteiger partial charge is 0.497 e. The van der Waals surface area contributed by atoms with Crippen molar-refractivity contribution in [2.24, 2.45) is 0 Å². The lowest BCUT2D eigenvalue weighted by atomic mass is 9.99. The van der Waals surface area contributed by atoms with Gasteiger partial charge in [0.2, 0.25) is 0 Å². The number of hydrogen-bond acceptors (Lipinski definition) is 1. The molecule has 0 unspecified atom stereocenters. The van der Waals surface area contributed by atoms with E-state index in [4.69, 9.17) is 4.74 Å². The topological polar surface area (TPSA) is 9.23 Å². The van der Waals surface area contributed by atoms with E-state index in [1.807, 2.05) is 37.3 Å². The third-order valence-corrected chi connectivity index (χ3v) is 3.42. The Morgan fingerprint density at radius 1 is 1.00 bits per heavy atom. The molecule has 22 heavy (non-hydrogen) atoms. The summed E-state index contributed by atoms with van der Waals surface area (Å²) in [5, 5.41) is 0. The monoisotopic (exact) mass is 306 g/mol. The predicted octanol–water partition coefficient (Wildman–Crippen LogP) is 5.66. The number of rotatable bonds is 4. The average molecular weight is 306 g/mol. The molecular weight excluding hydrogens is 289 g/mol. The van der Waals surface area contributed by atoms with Gasteiger partial charge in [-0.3, -0.25) is 0 Å². The number of benzene rings is 2. The first-order valence-electron chi connectivity index (χ1n) is 6.96. The Morgan fingerprint density at radius 2 is 1.59 bits per heavy atom. The number of methoxy groups -OCH3 is 1. The van der Waals surface area contributed by atoms with Crippen molar-refractivity contribution in [3.05, 3.63) is 65.2 Å². The van der Waals surface area contributed by atoms with E-state index in [0.29, 0.717) is 0 Å². The lowest BCUT2D eigenvalue weighted by Gasteiger charge is -2.09. The van der Waals surface area contributed by atoms with Crippen molar-refractivity contribution in [1.29, 1.82) is 0 Å². The molecule has 2 aromatic carbocycles. The summed E-state index contributed by atoms with van der Waals surface area (Å²) in [6.45, 7) is 1.98. The molecule has 0 heterocycles. The van der Waals surface area contributed by atoms with E-state index < -0.39 is 11.7 Å². The van der Waals surface area contributed by atoms with Crippen LogP contribution in [0.25, 0.3) is 11.6 Å². The molecule has 0 fully saturated rings. The van der Waals surface area contributed by atoms with Crippen LogP contribution >= 0.6 is 0 Å². The Kier molecular flexibility index (Phi) is 4.91. The molecule has 0 saturated heterocycles. The smallest absolute Gasteiger partial charge is 0.416 e. The first-order chi connectivity index (χ1) is 10.4. The van der Waals surface area contributed by atoms with Gasteiger partial charge >= 0.3 is 6.18 Å². The minimum absolute atomic E-state index is 0.629. The minimum Gasteiger partial charge on any atom is -0.497 e. The van der Waals surface area contributed by atoms with Crippen LogP contribution < -0.4 is 4.74 Å². The molecule has 2 rings (SSSR count). The summed E-state index contributed by atoms with van der Waals surface area (Å²) in [4.78, 5) is 0. The molecule has 0 N–H and O–H groups in total. The van der Waals surface area contributed by atoms with Gasteiger partial charge in [0.1, 0.15) is 5.75 Å². The molecule has 0 bridgehead atoms. The zero-order valence-corrected chi connectivity index (χ0v) is 12.4. The van der Waals surface area contributed by atoms with Crippen LogP contribution in [0.1, 0.15) is 30.0 Å². The van der Waals surface area contributed by atoms with Gasteiger partial charge in [0.25, 0.3) is 0 Å². The quantitative estimate of drug-likeness (QED) is 0.662. The number of alkyl halides is 3. The van der Waals surface area contributed by atoms with Crippen LogP contribution in [-0.4, -0.2) is 7.11 Å². The van der Waals surface area contributed by atoms with Crippen molar-refractivity contribution < 1.29 is 17.9 Å². The highest BCUT2D eigenvalue weighted by Gasteiger charge is 2.29. The highest BCUT2D eigenvalue weighted by molar-refractivity contribution is 5.81. The average Bonchev–Trinajstić information content (AvgIpc) is 2.52. The molecule has 0 radical (unpaired) electrons. The fraction of sp³-hybridized carbons (Fsp3) is 0.222. The van der Waals surface area contributed by atoms with Crippen molar-refractivity contribution in [1.82, 2.24) is 0 Å². The molecule has 0 aliphatic rings. The van der Waals surface area contributed by atoms with E-state index in [1.54, 1.807) is 7.11 Å². The summed E-state index contributed by atoms with van der Waals surface area (Å²) in [6.07, 6.45) is -1.59. The van der Waals surface area contributed by atoms with Gasteiger partial charge in [-0.25, -0.2) is 0 Å². The molecular formula is C18H17F3O. The van der Waals surface area contributed by atoms with E-state index in [2.05, 4.69) is 0 Å². The third kappa shape index (κ3) is 3.91. The van der Waals surface area contributed by atoms with Crippen LogP contribution in [-0.2, 0) is 6.18 Å². The third-order valence-electron chi connectivity index (χ3n) is 3.42. The Morgan fingerprint density at radius 3 is 2.05 bits per heavy atom. The molecule has 0 amide bonds. The van der Waals surface area contributed by atoms with Gasteiger partial charge in [0, 0.05) is 0 Å². The summed E-state index contributed by atoms with van der Waals surface area (Å²) in [7, 11) is 1.60. The first kappa shape index (κ1) is 16.1. The summed E-state index contributed by atoms with van der Waals surface area (Å²) >= 11 is 0. The standard InChI is InChI=1S/C18H17F3O/c1-3-14(12-13-4-10-17(22-2)11-5-13)15-6-8-16(9-7-15)18(19,20)21/h4-12H,3H2,1-2H3/b14-12-. The van der Waals surface area contributed by atoms with Crippen molar-refractivity contribution in [3.63, 3.8) is 0 Å². The molecule has 4 heteroatoms. The Bertz CT molecular complexity index is 638. The van der Waals surface area contributed by atoms with Crippen LogP contribution in [0, 0.1) is 0 Å². The summed E-state index contributed by atoms with van der Waals surface area (Å²) < 4.78 is 42.9. The van der Waals surface area contributed by atoms with Gasteiger partial charge < -0.3 is 4.74 Å². The van der Waals surface area contributed by atoms with Crippen LogP contribution in [0.5, 0.6) is 5.75 Å². The Hall–Kier alpha value is -2.23. The van der Waals surface area contributed by atoms with E-state index in [0.717, 1.165) is 41.0 Å². The Balaban J connectivity index is 2.28. The second-order valence-corrected chi connectivity index (χ2v) is 4.87. The van der Waals surface area contributed by atoms with E-state index in [9.17, 15) is 13.2 Å². The normalized spacial score (nSPS) is 12.3. The molecule has 2 aromatic rings. The van der Waals surface area contributed by atoms with Crippen molar-refractivity contribution in [3.8, 4) is 5.75 Å². The van der Waals surface area contributed by atoms with Crippen LogP contribution in [0.4, 0.5) is 13.2 Å². The summed E-state index contributed by atoms with van der Waals surface area (Å²) in [5.41, 5.74) is 2.14. The molecule has 0 saturated carbocycles. The molecule has 0 spiro atoms. The van der Waals surface area contributed by atoms with Crippen molar-refractivity contribution >= 4 is 11.6 Å². The zero-order chi connectivity index (χ0) is 16.2. The van der Waals surface area contributed by atoms with Crippen molar-refractivity contribution in [2.75, 3.05) is 7.11 Å². The maximum absolute atomic E-state index is 12.6. The predicted molar refractivity (Wildman–Crippen MR) is 82.6 cm³/mol. The zero-order valence-electron chi connectivity index (χ0n) is 12.4. The number of hydrogen-bond donors (Lipinski definition) is 0. The second-order valence-electron chi connectivity index (χ2n) is 4.87. The second kappa shape index (κ2) is 6.69. The van der Waals surface area contributed by atoms with Crippen LogP contribution in [0.3, 0.4) is 0 Å². The lowest BCUT2D eigenvalue weighted by Crippen LogP contribution is -2.04. The fourth-order valence-corrected chi connectivity index (χ4v) is 2.16. The van der Waals surface area contributed by atoms with E-state index in [-0.39, 0.29) is 0 Å². The van der Waals surface area contributed by atoms with Crippen LogP contribution in [0.15, 0.2) is 48.5 Å². The van der Waals surface area contributed by atoms with Gasteiger partial charge in [-0.1, -0.05) is 37.3 Å². The highest BCUT2D eigenvalue weighted by Crippen LogP contribution is 2.31. The molecule has 1 nitrogen and oxygen atoms in total. The molecule has 116 valence electrons. The van der Waals surface area contributed by atoms with E-state index in [1.165, 1.54) is 12.1 Å². The van der Waals surface area contributed by atoms with Crippen molar-refractivity contribution in [2.45, 2.75) is 19.5 Å². The maximum atomic E-state index is 12.6. The van der Waals surface area contributed by atoms with Gasteiger partial charge in [0.05, 0.1) is 12.7 Å². The van der Waals surface area contributed by atoms with Gasteiger partial charge in [-0.05, 0) is 47.4 Å². The molecule has 0 aromatic heterocycles. The lowest BCUT2D eigenvalue weighted by molar-refractivity contribution is -0.137. The fourth-order valence-electron chi connectivity index (χ4n) is 2.16. The minimum atomic E-state index is -4.30. The molecule has 0 aliphatic carbocycles. The number of allylic oxidation sites excluding steroid dienone is 1. The number of halogens is 3. The van der Waals surface area contributed by atoms with Crippen LogP contribution in [0.2, 0.25) is 0 Å². The van der Waals surface area contributed by atoms with Gasteiger partial charge in [-0.2, -0.15) is 13.2 Å². The SMILES string of the molecule is CC/C(=C/c1ccc(OC)cc1)c1ccc(C(F)(F)F)cc1. The van der Waals surface area contributed by atoms with E-state index >= 15 is 0 Å².